The average molecular weight is 745 g/mol. The fourth-order valence-corrected chi connectivity index (χ4v) is 8.53. The van der Waals surface area contributed by atoms with Gasteiger partial charge >= 0.3 is 0 Å². The second kappa shape index (κ2) is 16.2. The molecule has 2 aliphatic rings. The van der Waals surface area contributed by atoms with E-state index in [2.05, 4.69) is 88.4 Å². The zero-order valence-corrected chi connectivity index (χ0v) is 33.1. The van der Waals surface area contributed by atoms with E-state index in [1.807, 2.05) is 58.3 Å². The lowest BCUT2D eigenvalue weighted by molar-refractivity contribution is -0.124. The van der Waals surface area contributed by atoms with Crippen molar-refractivity contribution in [2.45, 2.75) is 79.1 Å². The van der Waals surface area contributed by atoms with Crippen molar-refractivity contribution in [3.63, 3.8) is 0 Å². The van der Waals surface area contributed by atoms with Gasteiger partial charge < -0.3 is 18.6 Å². The Hall–Kier alpha value is -5.62. The Morgan fingerprint density at radius 1 is 0.482 bits per heavy atom. The Labute approximate surface area is 330 Å². The van der Waals surface area contributed by atoms with Crippen LogP contribution in [-0.2, 0) is 9.59 Å². The number of benzene rings is 4. The molecular formula is C50H52N2O4. The van der Waals surface area contributed by atoms with Crippen LogP contribution in [0.25, 0.3) is 55.6 Å². The highest BCUT2D eigenvalue weighted by Gasteiger charge is 2.51. The minimum atomic E-state index is -0.162. The van der Waals surface area contributed by atoms with Crippen LogP contribution in [0.4, 0.5) is 0 Å². The number of rotatable bonds is 16. The van der Waals surface area contributed by atoms with Crippen LogP contribution < -0.4 is 0 Å². The molecule has 2 aromatic heterocycles. The molecule has 6 heteroatoms. The van der Waals surface area contributed by atoms with Crippen molar-refractivity contribution in [2.75, 3.05) is 13.1 Å². The van der Waals surface area contributed by atoms with E-state index in [1.165, 1.54) is 0 Å². The number of fused-ring (bicyclic) bond motifs is 3. The van der Waals surface area contributed by atoms with Crippen LogP contribution in [0.3, 0.4) is 0 Å². The monoisotopic (exact) mass is 744 g/mol. The summed E-state index contributed by atoms with van der Waals surface area (Å²) in [5.41, 5.74) is 3.87. The number of furan rings is 2. The maximum Gasteiger partial charge on any atom is 0.261 e. The van der Waals surface area contributed by atoms with Crippen molar-refractivity contribution in [3.8, 4) is 22.6 Å². The first-order valence-electron chi connectivity index (χ1n) is 20.7. The molecule has 0 saturated carbocycles. The van der Waals surface area contributed by atoms with Crippen LogP contribution in [0.1, 0.15) is 90.6 Å². The van der Waals surface area contributed by atoms with Gasteiger partial charge in [0.25, 0.3) is 11.8 Å². The van der Waals surface area contributed by atoms with Crippen LogP contribution in [0, 0.1) is 11.8 Å². The molecule has 6 nitrogen and oxygen atoms in total. The zero-order chi connectivity index (χ0) is 38.8. The molecule has 0 N–H and O–H groups in total. The molecule has 0 saturated heterocycles. The molecule has 8 rings (SSSR count). The topological polar surface area (TPSA) is 66.9 Å². The molecule has 2 aliphatic heterocycles. The van der Waals surface area contributed by atoms with Gasteiger partial charge in [0.1, 0.15) is 22.9 Å². The summed E-state index contributed by atoms with van der Waals surface area (Å²) in [6, 6.07) is 36.9. The lowest BCUT2D eigenvalue weighted by Crippen LogP contribution is -2.34. The number of nitrogens with zero attached hydrogens (tertiary/aromatic N) is 2. The molecule has 2 atom stereocenters. The number of carbonyl (C=O) groups is 2. The summed E-state index contributed by atoms with van der Waals surface area (Å²) in [6.07, 6.45) is 8.22. The van der Waals surface area contributed by atoms with E-state index in [9.17, 15) is 0 Å². The smallest absolute Gasteiger partial charge is 0.261 e. The Morgan fingerprint density at radius 3 is 1.27 bits per heavy atom. The normalized spacial score (nSPS) is 15.6. The minimum Gasteiger partial charge on any atom is -0.455 e. The second-order valence-electron chi connectivity index (χ2n) is 15.6. The standard InChI is InChI=1S/C50H52N2O4/c1-5-9-15-33(7-3)31-51-47(43-27-25-41(55-43)39-23-21-35-17-11-13-19-37(35)29-39)45-46(49(51)53)48(52(50(45)54)32-34(8-4)16-10-6-2)44-28-26-42(56-44)40-24-22-36-18-12-14-20-38(36)30-40/h11-14,17-30,33-34H,5-10,15-16,31-32H2,1-4H3. The van der Waals surface area contributed by atoms with Gasteiger partial charge in [-0.3, -0.25) is 9.59 Å². The zero-order valence-electron chi connectivity index (χ0n) is 33.1. The maximum atomic E-state index is 15.1. The van der Waals surface area contributed by atoms with Gasteiger partial charge in [-0.1, -0.05) is 139 Å². The fraction of sp³-hybridized carbons (Fsp3) is 0.320. The quantitative estimate of drug-likeness (QED) is 0.0989. The molecule has 286 valence electrons. The fourth-order valence-electron chi connectivity index (χ4n) is 8.53. The largest absolute Gasteiger partial charge is 0.455 e. The first kappa shape index (κ1) is 37.3. The number of amides is 2. The molecular weight excluding hydrogens is 693 g/mol. The van der Waals surface area contributed by atoms with Gasteiger partial charge in [-0.05, 0) is 82.6 Å². The Morgan fingerprint density at radius 2 is 0.875 bits per heavy atom. The number of hydrogen-bond donors (Lipinski definition) is 0. The Bertz CT molecular complexity index is 2290. The van der Waals surface area contributed by atoms with Crippen molar-refractivity contribution in [1.82, 2.24) is 9.80 Å². The molecule has 0 spiro atoms. The third-order valence-electron chi connectivity index (χ3n) is 11.9. The lowest BCUT2D eigenvalue weighted by Gasteiger charge is -2.28. The van der Waals surface area contributed by atoms with Crippen molar-refractivity contribution in [2.24, 2.45) is 11.8 Å². The summed E-state index contributed by atoms with van der Waals surface area (Å²) in [5.74, 6) is 2.68. The first-order chi connectivity index (χ1) is 27.4. The van der Waals surface area contributed by atoms with E-state index in [0.717, 1.165) is 84.0 Å². The van der Waals surface area contributed by atoms with E-state index in [-0.39, 0.29) is 23.7 Å². The van der Waals surface area contributed by atoms with Gasteiger partial charge in [0.05, 0.1) is 11.1 Å². The number of hydrogen-bond acceptors (Lipinski definition) is 4. The van der Waals surface area contributed by atoms with Crippen LogP contribution in [0.5, 0.6) is 0 Å². The molecule has 6 aromatic rings. The summed E-state index contributed by atoms with van der Waals surface area (Å²) >= 11 is 0. The average Bonchev–Trinajstić information content (AvgIpc) is 4.03. The molecule has 2 amide bonds. The highest BCUT2D eigenvalue weighted by Crippen LogP contribution is 2.49. The van der Waals surface area contributed by atoms with E-state index >= 15 is 9.59 Å². The van der Waals surface area contributed by atoms with Gasteiger partial charge in [-0.15, -0.1) is 0 Å². The van der Waals surface area contributed by atoms with Crippen LogP contribution >= 0.6 is 0 Å². The van der Waals surface area contributed by atoms with Crippen molar-refractivity contribution in [1.29, 1.82) is 0 Å². The second-order valence-corrected chi connectivity index (χ2v) is 15.6. The van der Waals surface area contributed by atoms with E-state index in [0.29, 0.717) is 58.7 Å². The summed E-state index contributed by atoms with van der Waals surface area (Å²) in [4.78, 5) is 33.9. The Balaban J connectivity index is 1.27. The number of unbranched alkanes of at least 4 members (excludes halogenated alkanes) is 2. The highest BCUT2D eigenvalue weighted by molar-refractivity contribution is 6.30. The summed E-state index contributed by atoms with van der Waals surface area (Å²) in [5, 5.41) is 4.55. The molecule has 4 aromatic carbocycles. The van der Waals surface area contributed by atoms with Gasteiger partial charge in [-0.25, -0.2) is 0 Å². The van der Waals surface area contributed by atoms with Crippen LogP contribution in [-0.4, -0.2) is 34.7 Å². The predicted octanol–water partition coefficient (Wildman–Crippen LogP) is 12.8. The van der Waals surface area contributed by atoms with Gasteiger partial charge in [0.2, 0.25) is 0 Å². The van der Waals surface area contributed by atoms with Gasteiger partial charge in [-0.2, -0.15) is 0 Å². The van der Waals surface area contributed by atoms with E-state index in [1.54, 1.807) is 0 Å². The van der Waals surface area contributed by atoms with E-state index < -0.39 is 0 Å². The molecule has 0 bridgehead atoms. The maximum absolute atomic E-state index is 15.1. The molecule has 56 heavy (non-hydrogen) atoms. The predicted molar refractivity (Wildman–Crippen MR) is 227 cm³/mol. The first-order valence-corrected chi connectivity index (χ1v) is 20.7. The summed E-state index contributed by atoms with van der Waals surface area (Å²) < 4.78 is 13.4. The van der Waals surface area contributed by atoms with Gasteiger partial charge in [0.15, 0.2) is 11.5 Å². The third kappa shape index (κ3) is 7.02. The molecule has 0 fully saturated rings. The number of carbonyl (C=O) groups excluding carboxylic acids is 2. The van der Waals surface area contributed by atoms with Crippen molar-refractivity contribution >= 4 is 44.8 Å². The lowest BCUT2D eigenvalue weighted by atomic mass is 9.98. The third-order valence-corrected chi connectivity index (χ3v) is 11.9. The molecule has 2 unspecified atom stereocenters. The summed E-state index contributed by atoms with van der Waals surface area (Å²) in [7, 11) is 0. The highest BCUT2D eigenvalue weighted by atomic mass is 16.3. The molecule has 0 aliphatic carbocycles. The van der Waals surface area contributed by atoms with Gasteiger partial charge in [0, 0.05) is 24.2 Å². The SMILES string of the molecule is CCCCC(CC)CN1C(=O)C2=C(c3ccc(-c4ccc5ccccc5c4)o3)N(CC(CC)CCCC)C(=O)C2=C1c1ccc(-c2ccc3ccccc3c2)o1. The van der Waals surface area contributed by atoms with Crippen molar-refractivity contribution in [3.05, 3.63) is 132 Å². The molecule has 0 radical (unpaired) electrons. The molecule has 4 heterocycles. The summed E-state index contributed by atoms with van der Waals surface area (Å²) in [6.45, 7) is 9.81. The van der Waals surface area contributed by atoms with Crippen LogP contribution in [0.2, 0.25) is 0 Å². The van der Waals surface area contributed by atoms with Crippen LogP contribution in [0.15, 0.2) is 129 Å². The Kier molecular flexibility index (Phi) is 10.8. The van der Waals surface area contributed by atoms with Crippen molar-refractivity contribution < 1.29 is 18.4 Å². The minimum absolute atomic E-state index is 0.162. The van der Waals surface area contributed by atoms with E-state index in [4.69, 9.17) is 8.83 Å².